The van der Waals surface area contributed by atoms with Crippen molar-refractivity contribution in [3.05, 3.63) is 76.1 Å². The Hall–Kier alpha value is -3.98. The number of sulfone groups is 1. The summed E-state index contributed by atoms with van der Waals surface area (Å²) in [5, 5.41) is 2.12. The van der Waals surface area contributed by atoms with Crippen molar-refractivity contribution in [2.45, 2.75) is 19.6 Å². The number of aromatic nitrogens is 1. The maximum Gasteiger partial charge on any atom is 0.296 e. The number of nitrogens with one attached hydrogen (secondary N) is 1. The van der Waals surface area contributed by atoms with Gasteiger partial charge in [-0.1, -0.05) is 30.3 Å². The van der Waals surface area contributed by atoms with Crippen LogP contribution >= 0.6 is 0 Å². The molecule has 15 nitrogen and oxygen atoms in total. The van der Waals surface area contributed by atoms with Crippen molar-refractivity contribution < 1.29 is 52.1 Å². The quantitative estimate of drug-likeness (QED) is 0.169. The summed E-state index contributed by atoms with van der Waals surface area (Å²) in [6.07, 6.45) is 0. The molecule has 1 aliphatic rings. The molecule has 44 heavy (non-hydrogen) atoms. The van der Waals surface area contributed by atoms with Crippen LogP contribution in [0.1, 0.15) is 15.9 Å². The van der Waals surface area contributed by atoms with Crippen LogP contribution in [0.4, 0.5) is 5.69 Å². The minimum atomic E-state index is -5.20. The molecule has 0 spiro atoms. The topological polar surface area (TPSA) is 248 Å². The Balaban J connectivity index is 2.02. The molecule has 0 fully saturated rings. The molecule has 0 atom stereocenters. The summed E-state index contributed by atoms with van der Waals surface area (Å²) in [5.74, 6) is -1.68. The highest BCUT2D eigenvalue weighted by molar-refractivity contribution is 7.91. The average molecular weight is 685 g/mol. The van der Waals surface area contributed by atoms with E-state index in [1.165, 1.54) is 24.3 Å². The number of anilines is 1. The lowest BCUT2D eigenvalue weighted by Gasteiger charge is -2.26. The second-order valence-corrected chi connectivity index (χ2v) is 15.9. The van der Waals surface area contributed by atoms with E-state index in [1.54, 1.807) is 0 Å². The van der Waals surface area contributed by atoms with Gasteiger partial charge in [0.15, 0.2) is 5.78 Å². The lowest BCUT2D eigenvalue weighted by molar-refractivity contribution is 0.104. The van der Waals surface area contributed by atoms with Crippen molar-refractivity contribution >= 4 is 62.6 Å². The van der Waals surface area contributed by atoms with Crippen LogP contribution in [-0.4, -0.2) is 70.0 Å². The highest BCUT2D eigenvalue weighted by Gasteiger charge is 2.39. The molecule has 0 saturated heterocycles. The fraction of sp³-hybridized carbons (Fsp3) is 0.120. The molecule has 0 amide bonds. The molecule has 0 aliphatic heterocycles. The van der Waals surface area contributed by atoms with Gasteiger partial charge in [0.1, 0.15) is 9.79 Å². The molecule has 0 unspecified atom stereocenters. The predicted molar refractivity (Wildman–Crippen MR) is 154 cm³/mol. The van der Waals surface area contributed by atoms with Gasteiger partial charge in [-0.2, -0.15) is 25.3 Å². The summed E-state index contributed by atoms with van der Waals surface area (Å²) in [4.78, 5) is 24.3. The molecule has 1 heterocycles. The van der Waals surface area contributed by atoms with Crippen LogP contribution in [0.15, 0.2) is 79.0 Å². The van der Waals surface area contributed by atoms with E-state index in [9.17, 15) is 52.4 Å². The fourth-order valence-corrected chi connectivity index (χ4v) is 8.38. The summed E-state index contributed by atoms with van der Waals surface area (Å²) in [6, 6.07) is 9.69. The van der Waals surface area contributed by atoms with Crippen molar-refractivity contribution in [3.8, 4) is 11.1 Å². The van der Waals surface area contributed by atoms with Crippen molar-refractivity contribution in [2.75, 3.05) is 17.6 Å². The maximum absolute atomic E-state index is 14.1. The van der Waals surface area contributed by atoms with E-state index in [2.05, 4.69) is 5.32 Å². The summed E-state index contributed by atoms with van der Waals surface area (Å²) >= 11 is 0. The van der Waals surface area contributed by atoms with Gasteiger partial charge in [-0.15, -0.1) is 0 Å². The van der Waals surface area contributed by atoms with E-state index in [4.69, 9.17) is 4.55 Å². The molecule has 4 N–H and O–H groups in total. The van der Waals surface area contributed by atoms with Crippen LogP contribution in [-0.2, 0) is 47.2 Å². The lowest BCUT2D eigenvalue weighted by atomic mass is 9.83. The second kappa shape index (κ2) is 10.3. The second-order valence-electron chi connectivity index (χ2n) is 9.61. The molecule has 5 rings (SSSR count). The first kappa shape index (κ1) is 31.4. The van der Waals surface area contributed by atoms with Gasteiger partial charge in [-0.25, -0.2) is 8.42 Å². The van der Waals surface area contributed by atoms with Gasteiger partial charge in [0.2, 0.25) is 9.84 Å². The molecular formula is C25H20N2O13S4. The van der Waals surface area contributed by atoms with E-state index in [0.717, 1.165) is 31.3 Å². The molecule has 232 valence electrons. The smallest absolute Gasteiger partial charge is 0.296 e. The third-order valence-corrected chi connectivity index (χ3v) is 11.1. The van der Waals surface area contributed by atoms with Gasteiger partial charge < -0.3 is 9.88 Å². The summed E-state index contributed by atoms with van der Waals surface area (Å²) < 4.78 is 129. The summed E-state index contributed by atoms with van der Waals surface area (Å²) in [7, 11) is -18.7. The SMILES string of the molecule is Cn1c(=O)c(S(=O)(=O)c2cccc(S(=O)(=O)O)c2)c2c3c(c(NCCS(=O)(=O)O)cc(S(=O)(=O)O)c31)C(=O)c1ccccc1-2. The molecule has 0 bridgehead atoms. The fourth-order valence-electron chi connectivity index (χ4n) is 5.04. The number of fused-ring (bicyclic) bond motifs is 2. The van der Waals surface area contributed by atoms with Crippen molar-refractivity contribution in [2.24, 2.45) is 7.05 Å². The zero-order valence-corrected chi connectivity index (χ0v) is 25.4. The van der Waals surface area contributed by atoms with Crippen molar-refractivity contribution in [3.63, 3.8) is 0 Å². The van der Waals surface area contributed by atoms with Crippen LogP contribution in [0.25, 0.3) is 22.0 Å². The molecule has 1 aliphatic carbocycles. The van der Waals surface area contributed by atoms with Crippen molar-refractivity contribution in [1.29, 1.82) is 0 Å². The maximum atomic E-state index is 14.1. The van der Waals surface area contributed by atoms with E-state index in [-0.39, 0.29) is 22.4 Å². The number of nitrogens with zero attached hydrogens (tertiary/aromatic N) is 1. The van der Waals surface area contributed by atoms with Gasteiger partial charge in [0, 0.05) is 35.8 Å². The number of rotatable bonds is 8. The molecule has 0 radical (unpaired) electrons. The van der Waals surface area contributed by atoms with E-state index in [1.807, 2.05) is 0 Å². The van der Waals surface area contributed by atoms with E-state index in [0.29, 0.717) is 10.6 Å². The third kappa shape index (κ3) is 5.21. The Morgan fingerprint density at radius 2 is 1.36 bits per heavy atom. The Morgan fingerprint density at radius 3 is 1.95 bits per heavy atom. The first-order valence-corrected chi connectivity index (χ1v) is 18.1. The number of benzene rings is 3. The predicted octanol–water partition coefficient (Wildman–Crippen LogP) is 1.38. The van der Waals surface area contributed by atoms with Crippen LogP contribution in [0.5, 0.6) is 0 Å². The number of aryl methyl sites for hydroxylation is 1. The van der Waals surface area contributed by atoms with E-state index < -0.39 is 99.9 Å². The lowest BCUT2D eigenvalue weighted by Crippen LogP contribution is -2.29. The number of hydrogen-bond donors (Lipinski definition) is 4. The largest absolute Gasteiger partial charge is 0.383 e. The molecular weight excluding hydrogens is 665 g/mol. The zero-order valence-electron chi connectivity index (χ0n) is 22.1. The number of carbonyl (C=O) groups is 1. The highest BCUT2D eigenvalue weighted by Crippen LogP contribution is 2.46. The van der Waals surface area contributed by atoms with Gasteiger partial charge >= 0.3 is 0 Å². The first-order chi connectivity index (χ1) is 20.2. The van der Waals surface area contributed by atoms with Crippen molar-refractivity contribution in [1.82, 2.24) is 4.57 Å². The minimum absolute atomic E-state index is 0.117. The Labute approximate surface area is 249 Å². The van der Waals surface area contributed by atoms with Gasteiger partial charge in [-0.3, -0.25) is 23.2 Å². The van der Waals surface area contributed by atoms with Gasteiger partial charge in [0.05, 0.1) is 26.6 Å². The highest BCUT2D eigenvalue weighted by atomic mass is 32.2. The Bertz CT molecular complexity index is 2450. The van der Waals surface area contributed by atoms with Crippen LogP contribution in [0.2, 0.25) is 0 Å². The number of pyridine rings is 1. The standard InChI is InChI=1S/C25H20N2O13S4/c1-27-22-18(44(38,39)40)12-17(26-9-10-41(30,31)32)20-21(22)19(15-7-2-3-8-16(15)23(20)28)24(25(27)29)42(33,34)13-5-4-6-14(11-13)43(35,36)37/h2-8,11-12,26H,9-10H2,1H3,(H,30,31,32)(H,35,36,37)(H,38,39,40). The minimum Gasteiger partial charge on any atom is -0.383 e. The van der Waals surface area contributed by atoms with Crippen LogP contribution in [0.3, 0.4) is 0 Å². The molecule has 4 aromatic rings. The monoisotopic (exact) mass is 684 g/mol. The summed E-state index contributed by atoms with van der Waals surface area (Å²) in [6.45, 7) is -0.564. The molecule has 19 heteroatoms. The van der Waals surface area contributed by atoms with Gasteiger partial charge in [0.25, 0.3) is 35.9 Å². The number of ketones is 1. The van der Waals surface area contributed by atoms with Crippen LogP contribution in [0, 0.1) is 0 Å². The van der Waals surface area contributed by atoms with Gasteiger partial charge in [-0.05, 0) is 29.8 Å². The number of carbonyl (C=O) groups excluding carboxylic acids is 1. The third-order valence-electron chi connectivity index (χ3n) is 6.88. The zero-order chi connectivity index (χ0) is 32.6. The molecule has 0 saturated carbocycles. The average Bonchev–Trinajstić information content (AvgIpc) is 2.92. The Morgan fingerprint density at radius 1 is 0.750 bits per heavy atom. The molecule has 1 aromatic heterocycles. The number of hydrogen-bond acceptors (Lipinski definition) is 11. The van der Waals surface area contributed by atoms with E-state index >= 15 is 0 Å². The Kier molecular flexibility index (Phi) is 7.36. The summed E-state index contributed by atoms with van der Waals surface area (Å²) in [5.41, 5.74) is -3.31. The van der Waals surface area contributed by atoms with Crippen LogP contribution < -0.4 is 10.9 Å². The molecule has 3 aromatic carbocycles. The first-order valence-electron chi connectivity index (χ1n) is 12.1. The normalized spacial score (nSPS) is 13.6.